The highest BCUT2D eigenvalue weighted by Crippen LogP contribution is 2.35. The number of aryl methyl sites for hydroxylation is 1. The third-order valence-electron chi connectivity index (χ3n) is 5.38. The smallest absolute Gasteiger partial charge is 0.243 e. The minimum atomic E-state index is -3.55. The molecule has 0 radical (unpaired) electrons. The lowest BCUT2D eigenvalue weighted by atomic mass is 9.99. The zero-order valence-corrected chi connectivity index (χ0v) is 15.2. The van der Waals surface area contributed by atoms with Crippen molar-refractivity contribution in [2.24, 2.45) is 11.8 Å². The van der Waals surface area contributed by atoms with Gasteiger partial charge in [0.15, 0.2) is 0 Å². The van der Waals surface area contributed by atoms with Gasteiger partial charge < -0.3 is 10.1 Å². The first kappa shape index (κ1) is 17.0. The molecule has 1 saturated carbocycles. The molecule has 136 valence electrons. The van der Waals surface area contributed by atoms with Crippen molar-refractivity contribution in [3.63, 3.8) is 0 Å². The quantitative estimate of drug-likeness (QED) is 0.854. The van der Waals surface area contributed by atoms with Gasteiger partial charge in [-0.3, -0.25) is 4.79 Å². The van der Waals surface area contributed by atoms with E-state index in [1.54, 1.807) is 24.3 Å². The molecule has 4 rings (SSSR count). The van der Waals surface area contributed by atoms with Crippen LogP contribution in [0.3, 0.4) is 0 Å². The van der Waals surface area contributed by atoms with E-state index in [9.17, 15) is 13.2 Å². The van der Waals surface area contributed by atoms with Gasteiger partial charge in [-0.05, 0) is 44.2 Å². The molecule has 3 atom stereocenters. The predicted octanol–water partition coefficient (Wildman–Crippen LogP) is 1.30. The van der Waals surface area contributed by atoms with Crippen molar-refractivity contribution in [1.82, 2.24) is 9.62 Å². The number of morpholine rings is 1. The molecule has 25 heavy (non-hydrogen) atoms. The van der Waals surface area contributed by atoms with Crippen LogP contribution in [0.25, 0.3) is 0 Å². The normalized spacial score (nSPS) is 29.6. The maximum atomic E-state index is 12.9. The number of nitrogens with one attached hydrogen (secondary N) is 1. The van der Waals surface area contributed by atoms with Gasteiger partial charge in [0.1, 0.15) is 0 Å². The molecule has 2 saturated heterocycles. The number of nitrogens with zero attached hydrogens (tertiary/aromatic N) is 1. The second-order valence-corrected chi connectivity index (χ2v) is 9.40. The summed E-state index contributed by atoms with van der Waals surface area (Å²) in [4.78, 5) is 12.7. The first-order chi connectivity index (χ1) is 11.9. The van der Waals surface area contributed by atoms with Crippen LogP contribution in [0, 0.1) is 18.8 Å². The molecule has 2 heterocycles. The zero-order chi connectivity index (χ0) is 17.6. The van der Waals surface area contributed by atoms with Gasteiger partial charge in [0.2, 0.25) is 15.9 Å². The molecule has 6 nitrogen and oxygen atoms in total. The number of fused-ring (bicyclic) bond motifs is 2. The third-order valence-corrected chi connectivity index (χ3v) is 7.23. The van der Waals surface area contributed by atoms with Gasteiger partial charge >= 0.3 is 0 Å². The fourth-order valence-corrected chi connectivity index (χ4v) is 5.14. The van der Waals surface area contributed by atoms with Gasteiger partial charge in [0, 0.05) is 19.6 Å². The van der Waals surface area contributed by atoms with Crippen LogP contribution < -0.4 is 5.32 Å². The Morgan fingerprint density at radius 1 is 1.24 bits per heavy atom. The number of rotatable bonds is 5. The van der Waals surface area contributed by atoms with E-state index in [1.807, 2.05) is 6.92 Å². The van der Waals surface area contributed by atoms with Crippen molar-refractivity contribution in [3.05, 3.63) is 29.8 Å². The summed E-state index contributed by atoms with van der Waals surface area (Å²) in [5, 5.41) is 3.00. The number of amides is 1. The molecule has 3 fully saturated rings. The number of sulfonamides is 1. The Hall–Kier alpha value is -1.44. The summed E-state index contributed by atoms with van der Waals surface area (Å²) in [6, 6.07) is 6.88. The second kappa shape index (κ2) is 6.37. The number of ether oxygens (including phenoxy) is 1. The Balaban J connectivity index is 1.45. The predicted molar refractivity (Wildman–Crippen MR) is 92.4 cm³/mol. The van der Waals surface area contributed by atoms with Crippen LogP contribution in [0.15, 0.2) is 29.2 Å². The lowest BCUT2D eigenvalue weighted by Gasteiger charge is -2.32. The number of carbonyl (C=O) groups is 1. The average molecular weight is 364 g/mol. The molecule has 0 spiro atoms. The SMILES string of the molecule is Cc1ccc(S(=O)(=O)N2C[C@H]3C[C@H](C(=O)NCC4CC4)[C@@H](C2)O3)cc1. The van der Waals surface area contributed by atoms with Crippen LogP contribution in [-0.2, 0) is 19.6 Å². The van der Waals surface area contributed by atoms with Crippen LogP contribution >= 0.6 is 0 Å². The van der Waals surface area contributed by atoms with E-state index in [-0.39, 0.29) is 30.6 Å². The lowest BCUT2D eigenvalue weighted by molar-refractivity contribution is -0.127. The number of hydrogen-bond donors (Lipinski definition) is 1. The number of carbonyl (C=O) groups excluding carboxylic acids is 1. The summed E-state index contributed by atoms with van der Waals surface area (Å²) in [5.41, 5.74) is 1.02. The molecule has 3 aliphatic rings. The summed E-state index contributed by atoms with van der Waals surface area (Å²) < 4.78 is 33.1. The van der Waals surface area contributed by atoms with E-state index >= 15 is 0 Å². The Morgan fingerprint density at radius 2 is 1.96 bits per heavy atom. The molecule has 1 N–H and O–H groups in total. The standard InChI is InChI=1S/C18H24N2O4S/c1-12-2-6-15(7-3-12)25(22,23)20-10-14-8-16(17(11-20)24-14)18(21)19-9-13-4-5-13/h2-3,6-7,13-14,16-17H,4-5,8-11H2,1H3,(H,19,21)/t14-,16+,17-/m1/s1. The van der Waals surface area contributed by atoms with Crippen LogP contribution in [0.2, 0.25) is 0 Å². The van der Waals surface area contributed by atoms with Crippen molar-refractivity contribution in [3.8, 4) is 0 Å². The van der Waals surface area contributed by atoms with Crippen LogP contribution in [0.5, 0.6) is 0 Å². The van der Waals surface area contributed by atoms with Crippen molar-refractivity contribution >= 4 is 15.9 Å². The molecule has 1 aliphatic carbocycles. The zero-order valence-electron chi connectivity index (χ0n) is 14.3. The molecular weight excluding hydrogens is 340 g/mol. The van der Waals surface area contributed by atoms with E-state index in [1.165, 1.54) is 17.1 Å². The van der Waals surface area contributed by atoms with Gasteiger partial charge in [-0.25, -0.2) is 8.42 Å². The Bertz CT molecular complexity index is 758. The molecule has 0 aromatic heterocycles. The highest BCUT2D eigenvalue weighted by molar-refractivity contribution is 7.89. The van der Waals surface area contributed by atoms with E-state index in [2.05, 4.69) is 5.32 Å². The monoisotopic (exact) mass is 364 g/mol. The fraction of sp³-hybridized carbons (Fsp3) is 0.611. The lowest BCUT2D eigenvalue weighted by Crippen LogP contribution is -2.47. The largest absolute Gasteiger partial charge is 0.371 e. The summed E-state index contributed by atoms with van der Waals surface area (Å²) >= 11 is 0. The first-order valence-corrected chi connectivity index (χ1v) is 10.4. The summed E-state index contributed by atoms with van der Waals surface area (Å²) in [6.45, 7) is 3.22. The Labute approximate surface area is 148 Å². The maximum Gasteiger partial charge on any atom is 0.243 e. The van der Waals surface area contributed by atoms with Gasteiger partial charge in [0.05, 0.1) is 23.0 Å². The van der Waals surface area contributed by atoms with E-state index in [0.29, 0.717) is 23.8 Å². The second-order valence-electron chi connectivity index (χ2n) is 7.46. The van der Waals surface area contributed by atoms with Crippen molar-refractivity contribution in [1.29, 1.82) is 0 Å². The van der Waals surface area contributed by atoms with Gasteiger partial charge in [-0.2, -0.15) is 4.31 Å². The van der Waals surface area contributed by atoms with Crippen LogP contribution in [0.4, 0.5) is 0 Å². The van der Waals surface area contributed by atoms with Crippen LogP contribution in [-0.4, -0.2) is 50.5 Å². The Kier molecular flexibility index (Phi) is 4.33. The maximum absolute atomic E-state index is 12.9. The van der Waals surface area contributed by atoms with Gasteiger partial charge in [0.25, 0.3) is 0 Å². The number of benzene rings is 1. The van der Waals surface area contributed by atoms with E-state index in [0.717, 1.165) is 12.1 Å². The minimum Gasteiger partial charge on any atom is -0.371 e. The molecule has 2 bridgehead atoms. The van der Waals surface area contributed by atoms with Gasteiger partial charge in [-0.15, -0.1) is 0 Å². The molecule has 7 heteroatoms. The average Bonchev–Trinajstić information content (AvgIpc) is 3.37. The topological polar surface area (TPSA) is 75.7 Å². The highest BCUT2D eigenvalue weighted by atomic mass is 32.2. The van der Waals surface area contributed by atoms with Crippen molar-refractivity contribution in [2.45, 2.75) is 43.3 Å². The fourth-order valence-electron chi connectivity index (χ4n) is 3.65. The van der Waals surface area contributed by atoms with Crippen molar-refractivity contribution in [2.75, 3.05) is 19.6 Å². The Morgan fingerprint density at radius 3 is 2.64 bits per heavy atom. The van der Waals surface area contributed by atoms with Gasteiger partial charge in [-0.1, -0.05) is 17.7 Å². The van der Waals surface area contributed by atoms with Crippen molar-refractivity contribution < 1.29 is 17.9 Å². The summed E-state index contributed by atoms with van der Waals surface area (Å²) in [5.74, 6) is 0.389. The van der Waals surface area contributed by atoms with E-state index < -0.39 is 10.0 Å². The molecule has 1 aromatic rings. The molecule has 1 amide bonds. The molecule has 1 aromatic carbocycles. The summed E-state index contributed by atoms with van der Waals surface area (Å²) in [6.07, 6.45) is 2.43. The third kappa shape index (κ3) is 3.45. The van der Waals surface area contributed by atoms with Crippen LogP contribution in [0.1, 0.15) is 24.8 Å². The molecular formula is C18H24N2O4S. The highest BCUT2D eigenvalue weighted by Gasteiger charge is 2.47. The molecule has 2 aliphatic heterocycles. The minimum absolute atomic E-state index is 0.00832. The first-order valence-electron chi connectivity index (χ1n) is 8.93. The van der Waals surface area contributed by atoms with E-state index in [4.69, 9.17) is 4.74 Å². The molecule has 0 unspecified atom stereocenters. The summed E-state index contributed by atoms with van der Waals surface area (Å²) in [7, 11) is -3.55. The number of hydrogen-bond acceptors (Lipinski definition) is 4.